The molecule has 0 radical (unpaired) electrons. The molecular formula is C32H30FN7O5. The Labute approximate surface area is 257 Å². The lowest BCUT2D eigenvalue weighted by Gasteiger charge is -2.39. The number of carbonyl (C=O) groups excluding carboxylic acids is 2. The number of carbonyl (C=O) groups is 3. The van der Waals surface area contributed by atoms with Crippen molar-refractivity contribution < 1.29 is 28.6 Å². The number of anilines is 1. The van der Waals surface area contributed by atoms with Crippen LogP contribution in [0.1, 0.15) is 54.3 Å². The highest BCUT2D eigenvalue weighted by Gasteiger charge is 2.36. The van der Waals surface area contributed by atoms with Crippen LogP contribution in [0.15, 0.2) is 67.0 Å². The molecular weight excluding hydrogens is 581 g/mol. The first-order chi connectivity index (χ1) is 21.5. The molecule has 230 valence electrons. The van der Waals surface area contributed by atoms with Crippen molar-refractivity contribution in [1.82, 2.24) is 29.9 Å². The molecule has 13 heteroatoms. The van der Waals surface area contributed by atoms with E-state index in [1.54, 1.807) is 57.3 Å². The maximum absolute atomic E-state index is 15.9. The largest absolute Gasteiger partial charge is 0.478 e. The van der Waals surface area contributed by atoms with Crippen LogP contribution in [-0.4, -0.2) is 77.7 Å². The number of halogens is 1. The highest BCUT2D eigenvalue weighted by molar-refractivity contribution is 6.11. The molecule has 2 amide bonds. The molecule has 0 spiro atoms. The summed E-state index contributed by atoms with van der Waals surface area (Å²) in [6.45, 7) is 5.84. The normalized spacial score (nSPS) is 15.3. The number of fused-ring (bicyclic) bond motifs is 2. The predicted octanol–water partition coefficient (Wildman–Crippen LogP) is 5.25. The zero-order valence-corrected chi connectivity index (χ0v) is 24.8. The monoisotopic (exact) mass is 611 g/mol. The summed E-state index contributed by atoms with van der Waals surface area (Å²) < 4.78 is 22.9. The number of amides is 2. The van der Waals surface area contributed by atoms with Crippen molar-refractivity contribution in [3.63, 3.8) is 0 Å². The van der Waals surface area contributed by atoms with Crippen LogP contribution in [0.5, 0.6) is 0 Å². The maximum Gasteiger partial charge on any atom is 0.410 e. The zero-order valence-electron chi connectivity index (χ0n) is 24.8. The van der Waals surface area contributed by atoms with Gasteiger partial charge in [0, 0.05) is 36.9 Å². The molecule has 1 N–H and O–H groups in total. The van der Waals surface area contributed by atoms with Crippen LogP contribution in [0.25, 0.3) is 27.6 Å². The van der Waals surface area contributed by atoms with Gasteiger partial charge in [0.25, 0.3) is 5.91 Å². The molecule has 45 heavy (non-hydrogen) atoms. The topological polar surface area (TPSA) is 144 Å². The van der Waals surface area contributed by atoms with Crippen LogP contribution < -0.4 is 4.90 Å². The number of hydrogen-bond acceptors (Lipinski definition) is 8. The van der Waals surface area contributed by atoms with Gasteiger partial charge in [-0.05, 0) is 81.5 Å². The van der Waals surface area contributed by atoms with Crippen molar-refractivity contribution in [2.45, 2.75) is 45.3 Å². The molecule has 3 aromatic heterocycles. The Kier molecular flexibility index (Phi) is 7.61. The van der Waals surface area contributed by atoms with E-state index >= 15 is 4.39 Å². The summed E-state index contributed by atoms with van der Waals surface area (Å²) in [5, 5.41) is 18.9. The number of rotatable bonds is 5. The van der Waals surface area contributed by atoms with Crippen molar-refractivity contribution >= 4 is 45.7 Å². The van der Waals surface area contributed by atoms with Crippen LogP contribution >= 0.6 is 0 Å². The summed E-state index contributed by atoms with van der Waals surface area (Å²) in [5.41, 5.74) is 0.320. The molecule has 0 unspecified atom stereocenters. The van der Waals surface area contributed by atoms with E-state index in [1.807, 2.05) is 0 Å². The molecule has 1 saturated heterocycles. The first-order valence-corrected chi connectivity index (χ1v) is 14.4. The second-order valence-electron chi connectivity index (χ2n) is 11.8. The third-order valence-electron chi connectivity index (χ3n) is 7.49. The summed E-state index contributed by atoms with van der Waals surface area (Å²) in [6, 6.07) is 13.2. The van der Waals surface area contributed by atoms with Gasteiger partial charge in [0.2, 0.25) is 0 Å². The van der Waals surface area contributed by atoms with Gasteiger partial charge in [0.05, 0.1) is 22.9 Å². The number of aromatic nitrogens is 5. The highest BCUT2D eigenvalue weighted by atomic mass is 19.1. The van der Waals surface area contributed by atoms with E-state index in [0.29, 0.717) is 47.0 Å². The van der Waals surface area contributed by atoms with Gasteiger partial charge in [0.1, 0.15) is 22.8 Å². The number of carboxylic acid groups (broad SMARTS) is 1. The number of hydrogen-bond donors (Lipinski definition) is 1. The van der Waals surface area contributed by atoms with Crippen LogP contribution in [0, 0.1) is 5.82 Å². The van der Waals surface area contributed by atoms with E-state index in [1.165, 1.54) is 44.9 Å². The minimum atomic E-state index is -1.14. The smallest absolute Gasteiger partial charge is 0.410 e. The van der Waals surface area contributed by atoms with Gasteiger partial charge in [-0.3, -0.25) is 9.69 Å². The molecule has 0 bridgehead atoms. The van der Waals surface area contributed by atoms with Gasteiger partial charge >= 0.3 is 12.1 Å². The van der Waals surface area contributed by atoms with Crippen molar-refractivity contribution in [3.8, 4) is 5.69 Å². The van der Waals surface area contributed by atoms with E-state index in [-0.39, 0.29) is 23.5 Å². The fraction of sp³-hybridized carbons (Fsp3) is 0.281. The Balaban J connectivity index is 1.43. The quantitative estimate of drug-likeness (QED) is 0.282. The van der Waals surface area contributed by atoms with Gasteiger partial charge in [-0.15, -0.1) is 5.10 Å². The summed E-state index contributed by atoms with van der Waals surface area (Å²) in [6.07, 6.45) is 3.59. The Morgan fingerprint density at radius 2 is 1.87 bits per heavy atom. The van der Waals surface area contributed by atoms with Crippen molar-refractivity contribution in [1.29, 1.82) is 0 Å². The number of carboxylic acids is 1. The lowest BCUT2D eigenvalue weighted by Crippen LogP contribution is -2.53. The molecule has 1 atom stereocenters. The fourth-order valence-electron chi connectivity index (χ4n) is 5.45. The minimum absolute atomic E-state index is 0.00683. The van der Waals surface area contributed by atoms with E-state index in [0.717, 1.165) is 0 Å². The lowest BCUT2D eigenvalue weighted by molar-refractivity contribution is 0.0195. The van der Waals surface area contributed by atoms with Gasteiger partial charge in [0.15, 0.2) is 5.65 Å². The molecule has 0 aliphatic carbocycles. The molecule has 0 saturated carbocycles. The third-order valence-corrected chi connectivity index (χ3v) is 7.49. The number of piperidine rings is 1. The first kappa shape index (κ1) is 29.6. The van der Waals surface area contributed by atoms with Crippen LogP contribution in [0.3, 0.4) is 0 Å². The van der Waals surface area contributed by atoms with Crippen molar-refractivity contribution in [3.05, 3.63) is 83.9 Å². The van der Waals surface area contributed by atoms with Crippen LogP contribution in [-0.2, 0) is 4.74 Å². The highest BCUT2D eigenvalue weighted by Crippen LogP contribution is 2.32. The average molecular weight is 612 g/mol. The minimum Gasteiger partial charge on any atom is -0.478 e. The van der Waals surface area contributed by atoms with Crippen LogP contribution in [0.2, 0.25) is 0 Å². The molecule has 5 aromatic rings. The Morgan fingerprint density at radius 3 is 2.62 bits per heavy atom. The molecule has 6 rings (SSSR count). The van der Waals surface area contributed by atoms with Crippen molar-refractivity contribution in [2.24, 2.45) is 0 Å². The molecule has 12 nitrogen and oxygen atoms in total. The maximum atomic E-state index is 15.9. The van der Waals surface area contributed by atoms with Gasteiger partial charge in [-0.25, -0.2) is 23.9 Å². The number of likely N-dealkylation sites (tertiary alicyclic amines) is 1. The van der Waals surface area contributed by atoms with E-state index < -0.39 is 35.4 Å². The summed E-state index contributed by atoms with van der Waals surface area (Å²) in [4.78, 5) is 50.9. The fourth-order valence-corrected chi connectivity index (χ4v) is 5.45. The second-order valence-corrected chi connectivity index (χ2v) is 11.8. The molecule has 1 fully saturated rings. The van der Waals surface area contributed by atoms with Gasteiger partial charge in [-0.1, -0.05) is 11.3 Å². The average Bonchev–Trinajstić information content (AvgIpc) is 3.44. The van der Waals surface area contributed by atoms with E-state index in [4.69, 9.17) is 4.74 Å². The lowest BCUT2D eigenvalue weighted by atomic mass is 10.0. The van der Waals surface area contributed by atoms with E-state index in [9.17, 15) is 19.5 Å². The number of nitrogens with zero attached hydrogens (tertiary/aromatic N) is 7. The second kappa shape index (κ2) is 11.6. The molecule has 1 aliphatic heterocycles. The summed E-state index contributed by atoms with van der Waals surface area (Å²) in [5.74, 6) is -2.49. The number of pyridine rings is 2. The predicted molar refractivity (Wildman–Crippen MR) is 163 cm³/mol. The summed E-state index contributed by atoms with van der Waals surface area (Å²) >= 11 is 0. The Morgan fingerprint density at radius 1 is 1.04 bits per heavy atom. The Bertz CT molecular complexity index is 1950. The SMILES string of the molecule is CC(C)(C)OC(=O)N1CCC[C@@H](N(C(=O)c2ccc(-n3nnc4cccnc43)cc2F)c2nccc3ccc(C(=O)O)cc23)C1. The first-order valence-electron chi connectivity index (χ1n) is 14.4. The van der Waals surface area contributed by atoms with E-state index in [2.05, 4.69) is 20.3 Å². The number of ether oxygens (including phenoxy) is 1. The van der Waals surface area contributed by atoms with Gasteiger partial charge < -0.3 is 14.7 Å². The number of benzene rings is 2. The third kappa shape index (κ3) is 5.88. The molecule has 4 heterocycles. The van der Waals surface area contributed by atoms with Crippen molar-refractivity contribution in [2.75, 3.05) is 18.0 Å². The van der Waals surface area contributed by atoms with Crippen LogP contribution in [0.4, 0.5) is 15.0 Å². The molecule has 1 aliphatic rings. The standard InChI is InChI=1S/C32H30FN7O5/c1-32(2,3)45-31(44)38-15-5-6-22(18-38)39(27-24-16-20(30(42)43)9-8-19(24)12-14-35-27)29(41)23-11-10-21(17-25(23)33)40-28-26(36-37-40)7-4-13-34-28/h4,7-14,16-17,22H,5-6,15,18H2,1-3H3,(H,42,43)/t22-/m1/s1. The Hall–Kier alpha value is -5.46. The molecule has 2 aromatic carbocycles. The zero-order chi connectivity index (χ0) is 31.9. The number of aromatic carboxylic acids is 1. The van der Waals surface area contributed by atoms with Gasteiger partial charge in [-0.2, -0.15) is 4.68 Å². The summed E-state index contributed by atoms with van der Waals surface area (Å²) in [7, 11) is 0.